The maximum absolute atomic E-state index is 13.1. The normalized spacial score (nSPS) is 25.4. The number of aromatic nitrogens is 3. The summed E-state index contributed by atoms with van der Waals surface area (Å²) in [6.07, 6.45) is 6.34. The second kappa shape index (κ2) is 8.51. The molecule has 1 aliphatic carbocycles. The molecule has 2 aromatic rings. The van der Waals surface area contributed by atoms with Gasteiger partial charge >= 0.3 is 0 Å². The first-order chi connectivity index (χ1) is 16.0. The van der Waals surface area contributed by atoms with Gasteiger partial charge in [0.15, 0.2) is 0 Å². The van der Waals surface area contributed by atoms with Gasteiger partial charge in [-0.2, -0.15) is 0 Å². The average Bonchev–Trinajstić information content (AvgIpc) is 3.39. The minimum atomic E-state index is -0.985. The number of benzene rings is 1. The maximum Gasteiger partial charge on any atom is 0.262 e. The van der Waals surface area contributed by atoms with Gasteiger partial charge < -0.3 is 4.74 Å². The minimum Gasteiger partial charge on any atom is -0.376 e. The molecule has 10 heteroatoms. The molecule has 3 aliphatic rings. The predicted molar refractivity (Wildman–Crippen MR) is 115 cm³/mol. The second-order valence-electron chi connectivity index (χ2n) is 8.64. The molecule has 0 radical (unpaired) electrons. The van der Waals surface area contributed by atoms with Crippen LogP contribution in [-0.4, -0.2) is 62.3 Å². The summed E-state index contributed by atoms with van der Waals surface area (Å²) >= 11 is 0. The van der Waals surface area contributed by atoms with E-state index in [-0.39, 0.29) is 36.1 Å². The van der Waals surface area contributed by atoms with Gasteiger partial charge in [0.05, 0.1) is 29.5 Å². The van der Waals surface area contributed by atoms with Crippen LogP contribution in [0.25, 0.3) is 11.3 Å². The number of ether oxygens (including phenoxy) is 1. The number of fused-ring (bicyclic) bond motifs is 1. The Morgan fingerprint density at radius 2 is 1.85 bits per heavy atom. The SMILES string of the molecule is CCO[C@@H]1CCCC[C@H]1n1cc(-c2ccc3c(c2)C(=O)N(C2CCC(=O)NC2=O)C3=O)nn1. The zero-order valence-corrected chi connectivity index (χ0v) is 18.3. The molecular weight excluding hydrogens is 426 g/mol. The Hall–Kier alpha value is -3.40. The molecule has 0 spiro atoms. The summed E-state index contributed by atoms with van der Waals surface area (Å²) in [6, 6.07) is 4.06. The first-order valence-electron chi connectivity index (χ1n) is 11.4. The van der Waals surface area contributed by atoms with Gasteiger partial charge in [-0.05, 0) is 38.3 Å². The van der Waals surface area contributed by atoms with E-state index in [1.807, 2.05) is 17.8 Å². The van der Waals surface area contributed by atoms with E-state index in [4.69, 9.17) is 4.74 Å². The van der Waals surface area contributed by atoms with Crippen LogP contribution in [0, 0.1) is 0 Å². The third-order valence-corrected chi connectivity index (χ3v) is 6.63. The van der Waals surface area contributed by atoms with Crippen LogP contribution in [0.5, 0.6) is 0 Å². The highest BCUT2D eigenvalue weighted by atomic mass is 16.5. The highest BCUT2D eigenvalue weighted by molar-refractivity contribution is 6.23. The lowest BCUT2D eigenvalue weighted by atomic mass is 9.92. The molecule has 1 N–H and O–H groups in total. The molecule has 1 unspecified atom stereocenters. The first kappa shape index (κ1) is 21.4. The summed E-state index contributed by atoms with van der Waals surface area (Å²) in [5, 5.41) is 10.8. The smallest absolute Gasteiger partial charge is 0.262 e. The monoisotopic (exact) mass is 451 g/mol. The summed E-state index contributed by atoms with van der Waals surface area (Å²) in [6.45, 7) is 2.63. The molecule has 2 aliphatic heterocycles. The number of nitrogens with zero attached hydrogens (tertiary/aromatic N) is 4. The number of amides is 4. The van der Waals surface area contributed by atoms with Crippen LogP contribution < -0.4 is 5.32 Å². The fourth-order valence-corrected chi connectivity index (χ4v) is 4.99. The topological polar surface area (TPSA) is 123 Å². The van der Waals surface area contributed by atoms with E-state index >= 15 is 0 Å². The van der Waals surface area contributed by atoms with E-state index in [1.54, 1.807) is 18.2 Å². The van der Waals surface area contributed by atoms with Gasteiger partial charge in [0.25, 0.3) is 11.8 Å². The molecule has 2 fully saturated rings. The van der Waals surface area contributed by atoms with Crippen LogP contribution in [-0.2, 0) is 14.3 Å². The second-order valence-corrected chi connectivity index (χ2v) is 8.64. The van der Waals surface area contributed by atoms with E-state index in [1.165, 1.54) is 0 Å². The summed E-state index contributed by atoms with van der Waals surface area (Å²) < 4.78 is 7.74. The van der Waals surface area contributed by atoms with Crippen LogP contribution in [0.15, 0.2) is 24.4 Å². The van der Waals surface area contributed by atoms with Gasteiger partial charge in [0, 0.05) is 18.6 Å². The lowest BCUT2D eigenvalue weighted by Crippen LogP contribution is -2.54. The lowest BCUT2D eigenvalue weighted by Gasteiger charge is -2.30. The van der Waals surface area contributed by atoms with Crippen molar-refractivity contribution in [3.8, 4) is 11.3 Å². The number of imide groups is 2. The van der Waals surface area contributed by atoms with Crippen molar-refractivity contribution in [1.82, 2.24) is 25.2 Å². The van der Waals surface area contributed by atoms with Crippen molar-refractivity contribution < 1.29 is 23.9 Å². The Bertz CT molecular complexity index is 1140. The zero-order chi connectivity index (χ0) is 23.1. The van der Waals surface area contributed by atoms with Gasteiger partial charge in [0.1, 0.15) is 11.7 Å². The number of hydrogen-bond donors (Lipinski definition) is 1. The fourth-order valence-electron chi connectivity index (χ4n) is 4.99. The molecule has 1 saturated carbocycles. The quantitative estimate of drug-likeness (QED) is 0.688. The van der Waals surface area contributed by atoms with Gasteiger partial charge in [-0.25, -0.2) is 4.68 Å². The molecule has 4 amide bonds. The largest absolute Gasteiger partial charge is 0.376 e. The van der Waals surface area contributed by atoms with Crippen LogP contribution in [0.4, 0.5) is 0 Å². The standard InChI is InChI=1S/C23H25N5O5/c1-2-33-19-6-4-3-5-17(19)27-12-16(25-26-27)13-7-8-14-15(11-13)23(32)28(22(14)31)18-9-10-20(29)24-21(18)30/h7-8,11-12,17-19H,2-6,9-10H2,1H3,(H,24,29,30)/t17-,18?,19-/m1/s1. The Balaban J connectivity index is 1.40. The van der Waals surface area contributed by atoms with E-state index in [0.717, 1.165) is 30.6 Å². The number of nitrogens with one attached hydrogen (secondary N) is 1. The van der Waals surface area contributed by atoms with Gasteiger partial charge in [-0.1, -0.05) is 24.1 Å². The number of rotatable bonds is 5. The molecule has 0 bridgehead atoms. The van der Waals surface area contributed by atoms with Crippen molar-refractivity contribution in [3.05, 3.63) is 35.5 Å². The van der Waals surface area contributed by atoms with Crippen LogP contribution >= 0.6 is 0 Å². The Morgan fingerprint density at radius 1 is 1.06 bits per heavy atom. The minimum absolute atomic E-state index is 0.0854. The summed E-state index contributed by atoms with van der Waals surface area (Å²) in [5.41, 5.74) is 1.72. The summed E-state index contributed by atoms with van der Waals surface area (Å²) in [4.78, 5) is 50.6. The molecule has 1 aromatic carbocycles. The zero-order valence-electron chi connectivity index (χ0n) is 18.3. The van der Waals surface area contributed by atoms with E-state index in [2.05, 4.69) is 15.6 Å². The number of carbonyl (C=O) groups excluding carboxylic acids is 4. The third kappa shape index (κ3) is 3.74. The molecule has 3 heterocycles. The van der Waals surface area contributed by atoms with Gasteiger partial charge in [-0.3, -0.25) is 29.4 Å². The molecule has 1 aromatic heterocycles. The first-order valence-corrected chi connectivity index (χ1v) is 11.4. The average molecular weight is 451 g/mol. The molecule has 10 nitrogen and oxygen atoms in total. The van der Waals surface area contributed by atoms with Crippen molar-refractivity contribution in [2.75, 3.05) is 6.61 Å². The highest BCUT2D eigenvalue weighted by Gasteiger charge is 2.44. The van der Waals surface area contributed by atoms with Crippen molar-refractivity contribution in [2.24, 2.45) is 0 Å². The van der Waals surface area contributed by atoms with Crippen LogP contribution in [0.3, 0.4) is 0 Å². The highest BCUT2D eigenvalue weighted by Crippen LogP contribution is 2.33. The molecule has 3 atom stereocenters. The van der Waals surface area contributed by atoms with E-state index < -0.39 is 29.7 Å². The molecular formula is C23H25N5O5. The third-order valence-electron chi connectivity index (χ3n) is 6.63. The predicted octanol–water partition coefficient (Wildman–Crippen LogP) is 1.87. The van der Waals surface area contributed by atoms with E-state index in [9.17, 15) is 19.2 Å². The Kier molecular flexibility index (Phi) is 5.53. The molecule has 33 heavy (non-hydrogen) atoms. The van der Waals surface area contributed by atoms with Crippen molar-refractivity contribution >= 4 is 23.6 Å². The Labute approximate surface area is 190 Å². The summed E-state index contributed by atoms with van der Waals surface area (Å²) in [5.74, 6) is -2.09. The lowest BCUT2D eigenvalue weighted by molar-refractivity contribution is -0.136. The Morgan fingerprint density at radius 3 is 2.64 bits per heavy atom. The maximum atomic E-state index is 13.1. The summed E-state index contributed by atoms with van der Waals surface area (Å²) in [7, 11) is 0. The number of carbonyl (C=O) groups is 4. The van der Waals surface area contributed by atoms with Crippen molar-refractivity contribution in [3.63, 3.8) is 0 Å². The van der Waals surface area contributed by atoms with Crippen LogP contribution in [0.2, 0.25) is 0 Å². The van der Waals surface area contributed by atoms with E-state index in [0.29, 0.717) is 17.9 Å². The van der Waals surface area contributed by atoms with Gasteiger partial charge in [-0.15, -0.1) is 5.10 Å². The van der Waals surface area contributed by atoms with Crippen molar-refractivity contribution in [2.45, 2.75) is 63.6 Å². The molecule has 5 rings (SSSR count). The van der Waals surface area contributed by atoms with Crippen LogP contribution in [0.1, 0.15) is 72.2 Å². The fraction of sp³-hybridized carbons (Fsp3) is 0.478. The molecule has 1 saturated heterocycles. The van der Waals surface area contributed by atoms with Crippen molar-refractivity contribution in [1.29, 1.82) is 0 Å². The van der Waals surface area contributed by atoms with Gasteiger partial charge in [0.2, 0.25) is 11.8 Å². The number of hydrogen-bond acceptors (Lipinski definition) is 7. The molecule has 172 valence electrons. The number of piperidine rings is 1.